The topological polar surface area (TPSA) is 99.8 Å². The molecule has 8 heteroatoms. The van der Waals surface area contributed by atoms with Crippen molar-refractivity contribution in [1.29, 1.82) is 0 Å². The fourth-order valence-corrected chi connectivity index (χ4v) is 4.94. The zero-order chi connectivity index (χ0) is 24.6. The molecule has 3 aliphatic rings. The number of hydrogen-bond donors (Lipinski definition) is 3. The van der Waals surface area contributed by atoms with Crippen molar-refractivity contribution < 1.29 is 14.0 Å². The van der Waals surface area contributed by atoms with Crippen LogP contribution in [0.25, 0.3) is 17.2 Å². The van der Waals surface area contributed by atoms with Crippen LogP contribution in [0.1, 0.15) is 59.8 Å². The lowest BCUT2D eigenvalue weighted by molar-refractivity contribution is -0.116. The van der Waals surface area contributed by atoms with Gasteiger partial charge in [0.05, 0.1) is 5.69 Å². The Kier molecular flexibility index (Phi) is 5.71. The Morgan fingerprint density at radius 2 is 2.06 bits per heavy atom. The molecule has 1 saturated carbocycles. The molecule has 0 saturated heterocycles. The Balaban J connectivity index is 1.32. The molecular formula is C28H26FN5O2. The van der Waals surface area contributed by atoms with E-state index in [2.05, 4.69) is 25.8 Å². The molecule has 1 aliphatic heterocycles. The summed E-state index contributed by atoms with van der Waals surface area (Å²) in [5.41, 5.74) is 4.90. The number of nitrogens with one attached hydrogen (secondary N) is 3. The number of rotatable bonds is 6. The molecule has 182 valence electrons. The summed E-state index contributed by atoms with van der Waals surface area (Å²) in [4.78, 5) is 30.5. The first-order chi connectivity index (χ1) is 17.6. The maximum absolute atomic E-state index is 13.6. The van der Waals surface area contributed by atoms with Crippen LogP contribution in [0, 0.1) is 11.7 Å². The number of nitrogens with zero attached hydrogens (tertiary/aromatic N) is 2. The molecule has 3 aromatic rings. The van der Waals surface area contributed by atoms with Gasteiger partial charge in [-0.05, 0) is 61.4 Å². The van der Waals surface area contributed by atoms with Crippen molar-refractivity contribution in [2.24, 2.45) is 5.92 Å². The van der Waals surface area contributed by atoms with Crippen LogP contribution in [-0.2, 0) is 4.79 Å². The van der Waals surface area contributed by atoms with Crippen LogP contribution in [0.2, 0.25) is 0 Å². The van der Waals surface area contributed by atoms with Gasteiger partial charge in [-0.1, -0.05) is 24.3 Å². The maximum Gasteiger partial charge on any atom is 0.269 e. The molecule has 3 N–H and O–H groups in total. The first kappa shape index (κ1) is 22.4. The number of carbonyl (C=O) groups is 2. The number of hydrogen-bond acceptors (Lipinski definition) is 5. The van der Waals surface area contributed by atoms with E-state index >= 15 is 0 Å². The van der Waals surface area contributed by atoms with Crippen LogP contribution in [0.4, 0.5) is 10.2 Å². The molecule has 6 rings (SSSR count). The Morgan fingerprint density at radius 1 is 1.17 bits per heavy atom. The summed E-state index contributed by atoms with van der Waals surface area (Å²) in [6.07, 6.45) is 9.82. The Bertz CT molecular complexity index is 1400. The minimum absolute atomic E-state index is 0.0870. The Labute approximate surface area is 207 Å². The first-order valence-corrected chi connectivity index (χ1v) is 12.4. The fourth-order valence-electron chi connectivity index (χ4n) is 4.94. The Hall–Kier alpha value is -4.07. The molecule has 1 amide bonds. The number of fused-ring (bicyclic) bond motifs is 1. The minimum Gasteiger partial charge on any atom is -0.350 e. The standard InChI is InChI=1S/C28H26FN5O2/c29-19-4-1-3-17(13-19)18-9-10-20(30-15-18)11-12-21-24-22(5-2-6-23(24)35)32-27-25(21)26(33-34-27)28(36)31-14-16-7-8-16/h1,3-4,9-13,15-16,21H,2,5-8,14H2,(H,31,36)(H2,32,33,34)/b12-11+. The second-order valence-electron chi connectivity index (χ2n) is 9.63. The summed E-state index contributed by atoms with van der Waals surface area (Å²) in [7, 11) is 0. The molecule has 0 bridgehead atoms. The Morgan fingerprint density at radius 3 is 2.83 bits per heavy atom. The molecule has 36 heavy (non-hydrogen) atoms. The SMILES string of the molecule is O=C1CCCC2=C1C(/C=C/c1ccc(-c3cccc(F)c3)cn1)c1c(n[nH]c1C(=O)NCC1CC1)N2. The predicted molar refractivity (Wildman–Crippen MR) is 135 cm³/mol. The second-order valence-corrected chi connectivity index (χ2v) is 9.63. The van der Waals surface area contributed by atoms with E-state index in [9.17, 15) is 14.0 Å². The first-order valence-electron chi connectivity index (χ1n) is 12.4. The zero-order valence-electron chi connectivity index (χ0n) is 19.7. The number of halogens is 1. The lowest BCUT2D eigenvalue weighted by atomic mass is 9.79. The molecule has 1 unspecified atom stereocenters. The van der Waals surface area contributed by atoms with E-state index in [-0.39, 0.29) is 17.5 Å². The van der Waals surface area contributed by atoms with E-state index in [1.807, 2.05) is 30.4 Å². The summed E-state index contributed by atoms with van der Waals surface area (Å²) in [5, 5.41) is 13.6. The van der Waals surface area contributed by atoms with E-state index in [4.69, 9.17) is 0 Å². The lowest BCUT2D eigenvalue weighted by Crippen LogP contribution is -2.29. The normalized spacial score (nSPS) is 19.1. The highest BCUT2D eigenvalue weighted by atomic mass is 19.1. The zero-order valence-corrected chi connectivity index (χ0v) is 19.7. The van der Waals surface area contributed by atoms with Crippen molar-refractivity contribution in [3.8, 4) is 11.1 Å². The van der Waals surface area contributed by atoms with Gasteiger partial charge in [0.2, 0.25) is 0 Å². The van der Waals surface area contributed by atoms with Crippen LogP contribution >= 0.6 is 0 Å². The maximum atomic E-state index is 13.6. The van der Waals surface area contributed by atoms with Crippen molar-refractivity contribution in [3.05, 3.63) is 82.7 Å². The van der Waals surface area contributed by atoms with Crippen LogP contribution in [0.5, 0.6) is 0 Å². The van der Waals surface area contributed by atoms with Gasteiger partial charge in [-0.25, -0.2) is 4.39 Å². The molecule has 2 aromatic heterocycles. The highest BCUT2D eigenvalue weighted by Crippen LogP contribution is 2.43. The van der Waals surface area contributed by atoms with Gasteiger partial charge in [0.15, 0.2) is 11.6 Å². The third-order valence-electron chi connectivity index (χ3n) is 7.03. The highest BCUT2D eigenvalue weighted by molar-refractivity contribution is 6.03. The van der Waals surface area contributed by atoms with Crippen molar-refractivity contribution in [2.75, 3.05) is 11.9 Å². The number of aromatic amines is 1. The van der Waals surface area contributed by atoms with E-state index in [1.165, 1.54) is 12.1 Å². The van der Waals surface area contributed by atoms with Gasteiger partial charge in [0.1, 0.15) is 11.5 Å². The summed E-state index contributed by atoms with van der Waals surface area (Å²) < 4.78 is 13.6. The van der Waals surface area contributed by atoms with Gasteiger partial charge in [-0.3, -0.25) is 19.7 Å². The number of ketones is 1. The van der Waals surface area contributed by atoms with Gasteiger partial charge >= 0.3 is 0 Å². The van der Waals surface area contributed by atoms with Crippen LogP contribution in [-0.4, -0.2) is 33.4 Å². The van der Waals surface area contributed by atoms with E-state index in [0.717, 1.165) is 42.5 Å². The number of amides is 1. The molecular weight excluding hydrogens is 457 g/mol. The quantitative estimate of drug-likeness (QED) is 0.459. The number of allylic oxidation sites excluding steroid dienone is 3. The summed E-state index contributed by atoms with van der Waals surface area (Å²) >= 11 is 0. The number of H-pyrrole nitrogens is 1. The van der Waals surface area contributed by atoms with Crippen LogP contribution in [0.3, 0.4) is 0 Å². The largest absolute Gasteiger partial charge is 0.350 e. The van der Waals surface area contributed by atoms with Crippen molar-refractivity contribution in [3.63, 3.8) is 0 Å². The average molecular weight is 484 g/mol. The van der Waals surface area contributed by atoms with Crippen LogP contribution in [0.15, 0.2) is 59.9 Å². The third-order valence-corrected chi connectivity index (χ3v) is 7.03. The monoisotopic (exact) mass is 483 g/mol. The van der Waals surface area contributed by atoms with Gasteiger partial charge in [0, 0.05) is 47.5 Å². The average Bonchev–Trinajstić information content (AvgIpc) is 3.63. The number of pyridine rings is 1. The van der Waals surface area contributed by atoms with Gasteiger partial charge in [-0.15, -0.1) is 0 Å². The molecule has 1 atom stereocenters. The molecule has 0 radical (unpaired) electrons. The van der Waals surface area contributed by atoms with Gasteiger partial charge in [-0.2, -0.15) is 5.10 Å². The molecule has 1 fully saturated rings. The van der Waals surface area contributed by atoms with Crippen molar-refractivity contribution in [2.45, 2.75) is 38.0 Å². The van der Waals surface area contributed by atoms with Gasteiger partial charge < -0.3 is 10.6 Å². The fraction of sp³-hybridized carbons (Fsp3) is 0.286. The van der Waals surface area contributed by atoms with Gasteiger partial charge in [0.25, 0.3) is 5.91 Å². The summed E-state index contributed by atoms with van der Waals surface area (Å²) in [6.45, 7) is 0.648. The van der Waals surface area contributed by atoms with E-state index < -0.39 is 5.92 Å². The van der Waals surface area contributed by atoms with Crippen molar-refractivity contribution in [1.82, 2.24) is 20.5 Å². The second kappa shape index (κ2) is 9.18. The summed E-state index contributed by atoms with van der Waals surface area (Å²) in [5.74, 6) is 0.316. The lowest BCUT2D eigenvalue weighted by Gasteiger charge is -2.30. The predicted octanol–water partition coefficient (Wildman–Crippen LogP) is 4.98. The van der Waals surface area contributed by atoms with E-state index in [1.54, 1.807) is 12.3 Å². The molecule has 0 spiro atoms. The number of anilines is 1. The minimum atomic E-state index is -0.408. The number of aromatic nitrogens is 3. The van der Waals surface area contributed by atoms with E-state index in [0.29, 0.717) is 47.2 Å². The molecule has 2 aliphatic carbocycles. The molecule has 3 heterocycles. The van der Waals surface area contributed by atoms with Crippen molar-refractivity contribution >= 4 is 23.6 Å². The molecule has 7 nitrogen and oxygen atoms in total. The highest BCUT2D eigenvalue weighted by Gasteiger charge is 2.37. The number of benzene rings is 1. The number of Topliss-reactive ketones (excluding diaryl/α,β-unsaturated/α-hetero) is 1. The molecule has 1 aromatic carbocycles. The third kappa shape index (κ3) is 4.34. The van der Waals surface area contributed by atoms with Crippen LogP contribution < -0.4 is 10.6 Å². The smallest absolute Gasteiger partial charge is 0.269 e. The summed E-state index contributed by atoms with van der Waals surface area (Å²) in [6, 6.07) is 10.1. The number of carbonyl (C=O) groups excluding carboxylic acids is 2.